The van der Waals surface area contributed by atoms with E-state index in [1.807, 2.05) is 38.1 Å². The van der Waals surface area contributed by atoms with Crippen LogP contribution in [0.15, 0.2) is 53.7 Å². The minimum atomic E-state index is -0.748. The number of nitrogens with one attached hydrogen (secondary N) is 2. The fraction of sp³-hybridized carbons (Fsp3) is 0.286. The topological polar surface area (TPSA) is 107 Å². The van der Waals surface area contributed by atoms with Crippen molar-refractivity contribution in [1.29, 1.82) is 0 Å². The van der Waals surface area contributed by atoms with Gasteiger partial charge in [0, 0.05) is 29.8 Å². The van der Waals surface area contributed by atoms with E-state index in [1.54, 1.807) is 0 Å². The number of fused-ring (bicyclic) bond motifs is 1. The Kier molecular flexibility index (Phi) is 4.10. The smallest absolute Gasteiger partial charge is 0.269 e. The second-order valence-electron chi connectivity index (χ2n) is 8.06. The van der Waals surface area contributed by atoms with Crippen LogP contribution in [0.2, 0.25) is 0 Å². The van der Waals surface area contributed by atoms with Crippen molar-refractivity contribution in [3.63, 3.8) is 0 Å². The first-order valence-electron chi connectivity index (χ1n) is 9.09. The first kappa shape index (κ1) is 18.0. The molecular weight excluding hydrogens is 358 g/mol. The number of para-hydroxylation sites is 2. The molecule has 1 aliphatic heterocycles. The van der Waals surface area contributed by atoms with Crippen LogP contribution < -0.4 is 15.7 Å². The van der Waals surface area contributed by atoms with Crippen LogP contribution in [-0.4, -0.2) is 10.7 Å². The highest BCUT2D eigenvalue weighted by Crippen LogP contribution is 2.46. The number of nitrogens with zero attached hydrogens (tertiary/aromatic N) is 1. The fourth-order valence-corrected chi connectivity index (χ4v) is 4.00. The van der Waals surface area contributed by atoms with E-state index >= 15 is 0 Å². The molecule has 0 fully saturated rings. The van der Waals surface area contributed by atoms with Gasteiger partial charge in [0.1, 0.15) is 0 Å². The molecule has 2 N–H and O–H groups in total. The zero-order chi connectivity index (χ0) is 20.1. The number of hydrogen-bond donors (Lipinski definition) is 2. The molecule has 0 aromatic heterocycles. The molecule has 4 rings (SSSR count). The number of nitro groups is 1. The highest BCUT2D eigenvalue weighted by Gasteiger charge is 2.39. The summed E-state index contributed by atoms with van der Waals surface area (Å²) in [5, 5.41) is 30.5. The molecule has 28 heavy (non-hydrogen) atoms. The molecule has 0 radical (unpaired) electrons. The number of Topliss-reactive ketones (excluding diaryl/α,β-unsaturated/α-hetero) is 1. The SMILES string of the molecule is CC1(C)CC(=O)C2=C(C1)Nc1ccccc1N[C@@H]2c1cc([N+](=O)[O-])ccc1[O-]. The van der Waals surface area contributed by atoms with Crippen LogP contribution >= 0.6 is 0 Å². The fourth-order valence-electron chi connectivity index (χ4n) is 4.00. The largest absolute Gasteiger partial charge is 0.872 e. The van der Waals surface area contributed by atoms with Gasteiger partial charge in [-0.15, -0.1) is 5.75 Å². The molecule has 1 heterocycles. The number of hydrogen-bond acceptors (Lipinski definition) is 6. The molecule has 2 aromatic carbocycles. The number of anilines is 2. The number of carbonyl (C=O) groups is 1. The summed E-state index contributed by atoms with van der Waals surface area (Å²) in [6.07, 6.45) is 0.995. The summed E-state index contributed by atoms with van der Waals surface area (Å²) in [5.74, 6) is -0.401. The molecule has 0 amide bonds. The van der Waals surface area contributed by atoms with Crippen LogP contribution in [0.25, 0.3) is 0 Å². The first-order valence-corrected chi connectivity index (χ1v) is 9.09. The summed E-state index contributed by atoms with van der Waals surface area (Å²) in [7, 11) is 0. The summed E-state index contributed by atoms with van der Waals surface area (Å²) in [5.41, 5.74) is 2.60. The normalized spacial score (nSPS) is 20.4. The number of rotatable bonds is 2. The summed E-state index contributed by atoms with van der Waals surface area (Å²) in [6.45, 7) is 4.06. The van der Waals surface area contributed by atoms with Crippen molar-refractivity contribution < 1.29 is 14.8 Å². The lowest BCUT2D eigenvalue weighted by Crippen LogP contribution is -2.31. The minimum Gasteiger partial charge on any atom is -0.872 e. The Morgan fingerprint density at radius 1 is 1.11 bits per heavy atom. The van der Waals surface area contributed by atoms with Crippen molar-refractivity contribution in [2.24, 2.45) is 5.41 Å². The van der Waals surface area contributed by atoms with Gasteiger partial charge in [-0.2, -0.15) is 0 Å². The number of nitro benzene ring substituents is 1. The quantitative estimate of drug-likeness (QED) is 0.606. The molecular formula is C21H20N3O4-. The van der Waals surface area contributed by atoms with Gasteiger partial charge in [0.05, 0.1) is 22.3 Å². The Balaban J connectivity index is 1.93. The van der Waals surface area contributed by atoms with Crippen molar-refractivity contribution in [3.05, 3.63) is 69.4 Å². The van der Waals surface area contributed by atoms with Gasteiger partial charge in [0.2, 0.25) is 0 Å². The maximum Gasteiger partial charge on any atom is 0.269 e. The molecule has 7 nitrogen and oxygen atoms in total. The number of allylic oxidation sites excluding steroid dienone is 1. The number of benzene rings is 2. The standard InChI is InChI=1S/C21H21N3O4/c1-21(2)10-16-19(18(26)11-21)20(23-15-6-4-3-5-14(15)22-16)13-9-12(24(27)28)7-8-17(13)25/h3-9,20,22-23,25H,10-11H2,1-2H3/p-1/t20-/m1/s1. The molecule has 0 spiro atoms. The lowest BCUT2D eigenvalue weighted by molar-refractivity contribution is -0.385. The lowest BCUT2D eigenvalue weighted by Gasteiger charge is -2.35. The molecule has 7 heteroatoms. The molecule has 1 aliphatic carbocycles. The Morgan fingerprint density at radius 3 is 2.54 bits per heavy atom. The van der Waals surface area contributed by atoms with E-state index in [-0.39, 0.29) is 28.2 Å². The predicted molar refractivity (Wildman–Crippen MR) is 104 cm³/mol. The molecule has 2 aromatic rings. The zero-order valence-electron chi connectivity index (χ0n) is 15.6. The number of ketones is 1. The van der Waals surface area contributed by atoms with E-state index in [4.69, 9.17) is 0 Å². The molecule has 0 bridgehead atoms. The average molecular weight is 378 g/mol. The number of carbonyl (C=O) groups excluding carboxylic acids is 1. The third-order valence-corrected chi connectivity index (χ3v) is 5.24. The van der Waals surface area contributed by atoms with Crippen molar-refractivity contribution in [2.45, 2.75) is 32.7 Å². The van der Waals surface area contributed by atoms with E-state index in [0.717, 1.165) is 17.1 Å². The van der Waals surface area contributed by atoms with Crippen molar-refractivity contribution in [2.75, 3.05) is 10.6 Å². The second-order valence-corrected chi connectivity index (χ2v) is 8.06. The van der Waals surface area contributed by atoms with Crippen LogP contribution in [0.5, 0.6) is 5.75 Å². The first-order chi connectivity index (χ1) is 13.2. The maximum atomic E-state index is 13.1. The van der Waals surface area contributed by atoms with E-state index in [0.29, 0.717) is 18.4 Å². The van der Waals surface area contributed by atoms with Crippen LogP contribution in [0, 0.1) is 15.5 Å². The van der Waals surface area contributed by atoms with Crippen LogP contribution in [-0.2, 0) is 4.79 Å². The Morgan fingerprint density at radius 2 is 1.82 bits per heavy atom. The van der Waals surface area contributed by atoms with Crippen molar-refractivity contribution >= 4 is 22.8 Å². The van der Waals surface area contributed by atoms with Gasteiger partial charge < -0.3 is 15.7 Å². The molecule has 1 atom stereocenters. The van der Waals surface area contributed by atoms with Crippen LogP contribution in [0.3, 0.4) is 0 Å². The van der Waals surface area contributed by atoms with Gasteiger partial charge in [-0.3, -0.25) is 14.9 Å². The van der Waals surface area contributed by atoms with Crippen molar-refractivity contribution in [1.82, 2.24) is 0 Å². The molecule has 2 aliphatic rings. The second kappa shape index (κ2) is 6.37. The van der Waals surface area contributed by atoms with E-state index < -0.39 is 11.0 Å². The van der Waals surface area contributed by atoms with Crippen LogP contribution in [0.1, 0.15) is 38.3 Å². The zero-order valence-corrected chi connectivity index (χ0v) is 15.6. The van der Waals surface area contributed by atoms with Gasteiger partial charge in [-0.25, -0.2) is 0 Å². The average Bonchev–Trinajstić information content (AvgIpc) is 2.77. The number of non-ortho nitro benzene ring substituents is 1. The van der Waals surface area contributed by atoms with Gasteiger partial charge in [0.25, 0.3) is 5.69 Å². The van der Waals surface area contributed by atoms with Crippen LogP contribution in [0.4, 0.5) is 17.1 Å². The maximum absolute atomic E-state index is 13.1. The highest BCUT2D eigenvalue weighted by molar-refractivity contribution is 6.01. The minimum absolute atomic E-state index is 0.0602. The van der Waals surface area contributed by atoms with Crippen molar-refractivity contribution in [3.8, 4) is 5.75 Å². The molecule has 0 unspecified atom stereocenters. The Hall–Kier alpha value is -3.35. The Labute approximate surface area is 162 Å². The monoisotopic (exact) mass is 378 g/mol. The highest BCUT2D eigenvalue weighted by atomic mass is 16.6. The van der Waals surface area contributed by atoms with Gasteiger partial charge in [0.15, 0.2) is 5.78 Å². The van der Waals surface area contributed by atoms with E-state index in [9.17, 15) is 20.0 Å². The molecule has 0 saturated heterocycles. The molecule has 0 saturated carbocycles. The predicted octanol–water partition coefficient (Wildman–Crippen LogP) is 3.89. The summed E-state index contributed by atoms with van der Waals surface area (Å²) in [4.78, 5) is 23.8. The van der Waals surface area contributed by atoms with E-state index in [1.165, 1.54) is 18.2 Å². The lowest BCUT2D eigenvalue weighted by atomic mass is 9.73. The summed E-state index contributed by atoms with van der Waals surface area (Å²) in [6, 6.07) is 10.4. The van der Waals surface area contributed by atoms with E-state index in [2.05, 4.69) is 10.6 Å². The Bertz CT molecular complexity index is 1030. The third-order valence-electron chi connectivity index (χ3n) is 5.24. The summed E-state index contributed by atoms with van der Waals surface area (Å²) < 4.78 is 0. The molecule has 144 valence electrons. The van der Waals surface area contributed by atoms with Gasteiger partial charge >= 0.3 is 0 Å². The third kappa shape index (κ3) is 3.09. The van der Waals surface area contributed by atoms with Gasteiger partial charge in [-0.05, 0) is 29.5 Å². The summed E-state index contributed by atoms with van der Waals surface area (Å²) >= 11 is 0. The van der Waals surface area contributed by atoms with Gasteiger partial charge in [-0.1, -0.05) is 32.0 Å².